The fraction of sp³-hybridized carbons (Fsp3) is 0.143. The summed E-state index contributed by atoms with van der Waals surface area (Å²) in [6.45, 7) is 2.00. The molecule has 3 heteroatoms. The molecule has 0 saturated heterocycles. The average Bonchev–Trinajstić information content (AvgIpc) is 1.80. The molecule has 1 nitrogen and oxygen atoms in total. The van der Waals surface area contributed by atoms with Gasteiger partial charge in [0.05, 0.1) is 0 Å². The number of anilines is 1. The fourth-order valence-electron chi connectivity index (χ4n) is 0.674. The SMILES string of the molecule is Cc1ccc(S)c(N)c1.[Zn]. The predicted octanol–water partition coefficient (Wildman–Crippen LogP) is 1.86. The van der Waals surface area contributed by atoms with Gasteiger partial charge in [0.25, 0.3) is 0 Å². The Morgan fingerprint density at radius 1 is 1.40 bits per heavy atom. The molecule has 0 aliphatic carbocycles. The van der Waals surface area contributed by atoms with E-state index < -0.39 is 0 Å². The molecule has 0 fully saturated rings. The van der Waals surface area contributed by atoms with E-state index in [1.165, 1.54) is 5.56 Å². The average molecular weight is 205 g/mol. The number of nitrogens with two attached hydrogens (primary N) is 1. The van der Waals surface area contributed by atoms with Gasteiger partial charge in [-0.1, -0.05) is 6.07 Å². The summed E-state index contributed by atoms with van der Waals surface area (Å²) < 4.78 is 0. The zero-order valence-corrected chi connectivity index (χ0v) is 9.83. The summed E-state index contributed by atoms with van der Waals surface area (Å²) in [5.41, 5.74) is 7.46. The largest absolute Gasteiger partial charge is 0.398 e. The van der Waals surface area contributed by atoms with Gasteiger partial charge in [-0.3, -0.25) is 0 Å². The molecular weight excluding hydrogens is 196 g/mol. The molecule has 0 amide bonds. The Labute approximate surface area is 79.2 Å². The first-order valence-corrected chi connectivity index (χ1v) is 3.20. The van der Waals surface area contributed by atoms with Crippen LogP contribution in [0.3, 0.4) is 0 Å². The van der Waals surface area contributed by atoms with Gasteiger partial charge in [0.1, 0.15) is 0 Å². The summed E-state index contributed by atoms with van der Waals surface area (Å²) in [4.78, 5) is 0.848. The Morgan fingerprint density at radius 3 is 2.40 bits per heavy atom. The van der Waals surface area contributed by atoms with E-state index in [0.717, 1.165) is 10.6 Å². The van der Waals surface area contributed by atoms with Crippen LogP contribution in [0.25, 0.3) is 0 Å². The molecule has 1 aromatic rings. The van der Waals surface area contributed by atoms with Gasteiger partial charge in [0.15, 0.2) is 0 Å². The number of benzene rings is 1. The first-order valence-electron chi connectivity index (χ1n) is 2.75. The third kappa shape index (κ3) is 2.32. The van der Waals surface area contributed by atoms with Crippen molar-refractivity contribution in [1.29, 1.82) is 0 Å². The van der Waals surface area contributed by atoms with Gasteiger partial charge in [-0.25, -0.2) is 0 Å². The number of aryl methyl sites for hydroxylation is 1. The van der Waals surface area contributed by atoms with Crippen molar-refractivity contribution < 1.29 is 19.5 Å². The Bertz CT molecular complexity index is 225. The molecule has 0 aliphatic heterocycles. The van der Waals surface area contributed by atoms with E-state index in [4.69, 9.17) is 5.73 Å². The van der Waals surface area contributed by atoms with Crippen molar-refractivity contribution in [2.45, 2.75) is 11.8 Å². The summed E-state index contributed by atoms with van der Waals surface area (Å²) in [6.07, 6.45) is 0. The molecule has 10 heavy (non-hydrogen) atoms. The van der Waals surface area contributed by atoms with Crippen LogP contribution in [0, 0.1) is 6.92 Å². The molecule has 0 unspecified atom stereocenters. The van der Waals surface area contributed by atoms with Crippen molar-refractivity contribution in [1.82, 2.24) is 0 Å². The molecule has 1 rings (SSSR count). The molecule has 0 spiro atoms. The number of thiol groups is 1. The van der Waals surface area contributed by atoms with Crippen LogP contribution < -0.4 is 5.73 Å². The molecule has 0 aromatic heterocycles. The van der Waals surface area contributed by atoms with E-state index in [1.807, 2.05) is 25.1 Å². The van der Waals surface area contributed by atoms with Crippen molar-refractivity contribution >= 4 is 18.3 Å². The van der Waals surface area contributed by atoms with Crippen LogP contribution in [-0.4, -0.2) is 0 Å². The number of nitrogen functional groups attached to an aromatic ring is 1. The van der Waals surface area contributed by atoms with Crippen LogP contribution in [0.1, 0.15) is 5.56 Å². The minimum atomic E-state index is 0. The minimum absolute atomic E-state index is 0. The maximum atomic E-state index is 5.54. The van der Waals surface area contributed by atoms with Crippen LogP contribution in [0.15, 0.2) is 23.1 Å². The third-order valence-corrected chi connectivity index (χ3v) is 1.59. The van der Waals surface area contributed by atoms with Gasteiger partial charge < -0.3 is 5.73 Å². The molecule has 0 saturated carbocycles. The molecule has 0 radical (unpaired) electrons. The van der Waals surface area contributed by atoms with Crippen molar-refractivity contribution in [3.8, 4) is 0 Å². The monoisotopic (exact) mass is 203 g/mol. The molecule has 1 aromatic carbocycles. The Balaban J connectivity index is 0.000000810. The van der Waals surface area contributed by atoms with Gasteiger partial charge >= 0.3 is 0 Å². The van der Waals surface area contributed by atoms with E-state index >= 15 is 0 Å². The molecule has 0 aliphatic rings. The second-order valence-electron chi connectivity index (χ2n) is 2.06. The van der Waals surface area contributed by atoms with Crippen molar-refractivity contribution in [2.24, 2.45) is 0 Å². The second-order valence-corrected chi connectivity index (χ2v) is 2.54. The Kier molecular flexibility index (Phi) is 3.99. The zero-order chi connectivity index (χ0) is 6.85. The number of rotatable bonds is 0. The summed E-state index contributed by atoms with van der Waals surface area (Å²) in [5, 5.41) is 0. The molecule has 0 bridgehead atoms. The number of hydrogen-bond donors (Lipinski definition) is 2. The quantitative estimate of drug-likeness (QED) is 0.377. The van der Waals surface area contributed by atoms with Crippen LogP contribution in [0.4, 0.5) is 5.69 Å². The first-order chi connectivity index (χ1) is 4.20. The van der Waals surface area contributed by atoms with Crippen LogP contribution in [0.2, 0.25) is 0 Å². The molecular formula is C7H9NSZn. The van der Waals surface area contributed by atoms with Crippen LogP contribution >= 0.6 is 12.6 Å². The van der Waals surface area contributed by atoms with E-state index in [0.29, 0.717) is 0 Å². The molecule has 0 atom stereocenters. The van der Waals surface area contributed by atoms with Crippen LogP contribution in [-0.2, 0) is 19.5 Å². The minimum Gasteiger partial charge on any atom is -0.398 e. The second kappa shape index (κ2) is 3.99. The summed E-state index contributed by atoms with van der Waals surface area (Å²) in [5.74, 6) is 0. The number of hydrogen-bond acceptors (Lipinski definition) is 2. The van der Waals surface area contributed by atoms with E-state index in [1.54, 1.807) is 0 Å². The summed E-state index contributed by atoms with van der Waals surface area (Å²) in [7, 11) is 0. The van der Waals surface area contributed by atoms with Crippen molar-refractivity contribution in [3.05, 3.63) is 23.8 Å². The molecule has 50 valence electrons. The van der Waals surface area contributed by atoms with Gasteiger partial charge in [0, 0.05) is 30.1 Å². The van der Waals surface area contributed by atoms with E-state index in [-0.39, 0.29) is 19.5 Å². The third-order valence-electron chi connectivity index (χ3n) is 1.18. The summed E-state index contributed by atoms with van der Waals surface area (Å²) >= 11 is 4.12. The Hall–Kier alpha value is -0.00662. The fourth-order valence-corrected chi connectivity index (χ4v) is 0.813. The standard InChI is InChI=1S/C7H9NS.Zn/c1-5-2-3-7(9)6(8)4-5;/h2-4,9H,8H2,1H3;. The first kappa shape index (κ1) is 9.99. The Morgan fingerprint density at radius 2 is 2.00 bits per heavy atom. The van der Waals surface area contributed by atoms with Crippen molar-refractivity contribution in [2.75, 3.05) is 5.73 Å². The van der Waals surface area contributed by atoms with Gasteiger partial charge in [-0.05, 0) is 24.6 Å². The van der Waals surface area contributed by atoms with E-state index in [9.17, 15) is 0 Å². The summed E-state index contributed by atoms with van der Waals surface area (Å²) in [6, 6.07) is 5.79. The van der Waals surface area contributed by atoms with Gasteiger partial charge in [-0.15, -0.1) is 12.6 Å². The normalized spacial score (nSPS) is 8.60. The van der Waals surface area contributed by atoms with Crippen LogP contribution in [0.5, 0.6) is 0 Å². The smallest absolute Gasteiger partial charge is 0.0452 e. The maximum absolute atomic E-state index is 5.54. The predicted molar refractivity (Wildman–Crippen MR) is 42.8 cm³/mol. The van der Waals surface area contributed by atoms with E-state index in [2.05, 4.69) is 12.6 Å². The van der Waals surface area contributed by atoms with Gasteiger partial charge in [-0.2, -0.15) is 0 Å². The zero-order valence-electron chi connectivity index (χ0n) is 5.96. The van der Waals surface area contributed by atoms with Crippen molar-refractivity contribution in [3.63, 3.8) is 0 Å². The van der Waals surface area contributed by atoms with Gasteiger partial charge in [0.2, 0.25) is 0 Å². The molecule has 0 heterocycles. The maximum Gasteiger partial charge on any atom is 0.0452 e. The molecule has 2 N–H and O–H groups in total. The topological polar surface area (TPSA) is 26.0 Å².